The molecule has 0 atom stereocenters. The lowest BCUT2D eigenvalue weighted by Gasteiger charge is -2.43. The number of rotatable bonds is 2. The monoisotopic (exact) mass is 337 g/mol. The van der Waals surface area contributed by atoms with E-state index >= 15 is 0 Å². The molecule has 3 rings (SSSR count). The highest BCUT2D eigenvalue weighted by Gasteiger charge is 2.32. The Labute approximate surface area is 140 Å². The number of piperazine rings is 1. The Hall–Kier alpha value is -0.0300. The minimum atomic E-state index is 0. The van der Waals surface area contributed by atoms with E-state index in [4.69, 9.17) is 5.73 Å². The van der Waals surface area contributed by atoms with E-state index in [2.05, 4.69) is 9.80 Å². The van der Waals surface area contributed by atoms with Gasteiger partial charge >= 0.3 is 0 Å². The lowest BCUT2D eigenvalue weighted by atomic mass is 9.85. The summed E-state index contributed by atoms with van der Waals surface area (Å²) in [6, 6.07) is 1.16. The largest absolute Gasteiger partial charge is 0.340 e. The number of nitrogens with two attached hydrogens (primary N) is 1. The molecule has 0 unspecified atom stereocenters. The fourth-order valence-corrected chi connectivity index (χ4v) is 3.68. The highest BCUT2D eigenvalue weighted by atomic mass is 35.5. The topological polar surface area (TPSA) is 49.6 Å². The summed E-state index contributed by atoms with van der Waals surface area (Å²) >= 11 is 0. The van der Waals surface area contributed by atoms with Gasteiger partial charge in [0.25, 0.3) is 0 Å². The van der Waals surface area contributed by atoms with E-state index < -0.39 is 0 Å². The van der Waals surface area contributed by atoms with Crippen molar-refractivity contribution in [2.75, 3.05) is 26.2 Å². The molecule has 3 aliphatic rings. The highest BCUT2D eigenvalue weighted by molar-refractivity contribution is 5.85. The van der Waals surface area contributed by atoms with Gasteiger partial charge in [0.2, 0.25) is 5.91 Å². The molecule has 0 aromatic heterocycles. The standard InChI is InChI=1S/C15H27N3O.2ClH/c16-13-6-4-12(5-7-13)15(19)18-10-8-17(9-11-18)14-2-1-3-14;;/h12-14H,1-11,16H2;2*1H. The summed E-state index contributed by atoms with van der Waals surface area (Å²) in [5, 5.41) is 0. The van der Waals surface area contributed by atoms with Crippen molar-refractivity contribution in [3.8, 4) is 0 Å². The van der Waals surface area contributed by atoms with E-state index in [0.717, 1.165) is 57.9 Å². The van der Waals surface area contributed by atoms with Crippen LogP contribution < -0.4 is 5.73 Å². The van der Waals surface area contributed by atoms with Gasteiger partial charge in [-0.05, 0) is 38.5 Å². The summed E-state index contributed by atoms with van der Waals surface area (Å²) in [4.78, 5) is 17.2. The predicted octanol–water partition coefficient (Wildman–Crippen LogP) is 2.04. The molecule has 6 heteroatoms. The van der Waals surface area contributed by atoms with Gasteiger partial charge in [0.15, 0.2) is 0 Å². The summed E-state index contributed by atoms with van der Waals surface area (Å²) in [5.74, 6) is 0.662. The molecule has 0 bridgehead atoms. The van der Waals surface area contributed by atoms with Gasteiger partial charge in [-0.2, -0.15) is 0 Å². The zero-order valence-corrected chi connectivity index (χ0v) is 14.3. The van der Waals surface area contributed by atoms with E-state index in [1.807, 2.05) is 0 Å². The molecule has 0 aromatic carbocycles. The van der Waals surface area contributed by atoms with Crippen molar-refractivity contribution in [2.24, 2.45) is 11.7 Å². The lowest BCUT2D eigenvalue weighted by Crippen LogP contribution is -2.54. The number of amides is 1. The van der Waals surface area contributed by atoms with Gasteiger partial charge < -0.3 is 10.6 Å². The van der Waals surface area contributed by atoms with Gasteiger partial charge in [-0.15, -0.1) is 24.8 Å². The van der Waals surface area contributed by atoms with E-state index in [-0.39, 0.29) is 30.7 Å². The molecule has 2 N–H and O–H groups in total. The fourth-order valence-electron chi connectivity index (χ4n) is 3.68. The molecular formula is C15H29Cl2N3O. The Balaban J connectivity index is 0.00000110. The van der Waals surface area contributed by atoms with Crippen molar-refractivity contribution in [3.05, 3.63) is 0 Å². The van der Waals surface area contributed by atoms with Crippen LogP contribution in [0, 0.1) is 5.92 Å². The zero-order valence-electron chi connectivity index (χ0n) is 12.7. The van der Waals surface area contributed by atoms with Crippen molar-refractivity contribution in [1.82, 2.24) is 9.80 Å². The summed E-state index contributed by atoms with van der Waals surface area (Å²) in [6.45, 7) is 4.06. The van der Waals surface area contributed by atoms with Crippen LogP contribution in [0.2, 0.25) is 0 Å². The predicted molar refractivity (Wildman–Crippen MR) is 90.2 cm³/mol. The number of hydrogen-bond acceptors (Lipinski definition) is 3. The normalized spacial score (nSPS) is 30.8. The van der Waals surface area contributed by atoms with Gasteiger partial charge in [-0.25, -0.2) is 0 Å². The molecule has 1 heterocycles. The van der Waals surface area contributed by atoms with Gasteiger partial charge in [-0.3, -0.25) is 9.69 Å². The van der Waals surface area contributed by atoms with E-state index in [9.17, 15) is 4.79 Å². The molecule has 21 heavy (non-hydrogen) atoms. The molecule has 124 valence electrons. The Morgan fingerprint density at radius 2 is 1.43 bits per heavy atom. The van der Waals surface area contributed by atoms with E-state index in [1.165, 1.54) is 19.3 Å². The second-order valence-corrected chi connectivity index (χ2v) is 6.56. The van der Waals surface area contributed by atoms with Crippen LogP contribution in [0.15, 0.2) is 0 Å². The molecule has 0 aromatic rings. The molecule has 0 spiro atoms. The van der Waals surface area contributed by atoms with Crippen molar-refractivity contribution in [2.45, 2.75) is 57.0 Å². The smallest absolute Gasteiger partial charge is 0.225 e. The van der Waals surface area contributed by atoms with Crippen molar-refractivity contribution >= 4 is 30.7 Å². The number of halogens is 2. The third-order valence-electron chi connectivity index (χ3n) is 5.34. The summed E-state index contributed by atoms with van der Waals surface area (Å²) in [6.07, 6.45) is 8.19. The molecule has 4 nitrogen and oxygen atoms in total. The maximum absolute atomic E-state index is 12.5. The zero-order chi connectivity index (χ0) is 13.2. The SMILES string of the molecule is Cl.Cl.NC1CCC(C(=O)N2CCN(C3CCC3)CC2)CC1. The Morgan fingerprint density at radius 1 is 0.857 bits per heavy atom. The fraction of sp³-hybridized carbons (Fsp3) is 0.933. The molecule has 1 aliphatic heterocycles. The van der Waals surface area contributed by atoms with E-state index in [1.54, 1.807) is 0 Å². The first-order valence-electron chi connectivity index (χ1n) is 8.02. The first kappa shape index (κ1) is 19.0. The van der Waals surface area contributed by atoms with Crippen LogP contribution in [0.5, 0.6) is 0 Å². The van der Waals surface area contributed by atoms with E-state index in [0.29, 0.717) is 11.9 Å². The van der Waals surface area contributed by atoms with Crippen molar-refractivity contribution in [1.29, 1.82) is 0 Å². The van der Waals surface area contributed by atoms with Crippen molar-refractivity contribution in [3.63, 3.8) is 0 Å². The van der Waals surface area contributed by atoms with Gasteiger partial charge in [0.05, 0.1) is 0 Å². The molecular weight excluding hydrogens is 309 g/mol. The summed E-state index contributed by atoms with van der Waals surface area (Å²) < 4.78 is 0. The Kier molecular flexibility index (Phi) is 7.75. The maximum Gasteiger partial charge on any atom is 0.225 e. The van der Waals surface area contributed by atoms with Gasteiger partial charge in [-0.1, -0.05) is 6.42 Å². The quantitative estimate of drug-likeness (QED) is 0.838. The molecule has 2 aliphatic carbocycles. The van der Waals surface area contributed by atoms with Crippen LogP contribution in [-0.2, 0) is 4.79 Å². The van der Waals surface area contributed by atoms with Crippen LogP contribution >= 0.6 is 24.8 Å². The third kappa shape index (κ3) is 4.47. The Morgan fingerprint density at radius 3 is 1.90 bits per heavy atom. The maximum atomic E-state index is 12.5. The molecule has 3 fully saturated rings. The molecule has 0 radical (unpaired) electrons. The second-order valence-electron chi connectivity index (χ2n) is 6.56. The molecule has 1 amide bonds. The third-order valence-corrected chi connectivity index (χ3v) is 5.34. The number of nitrogens with zero attached hydrogens (tertiary/aromatic N) is 2. The average molecular weight is 338 g/mol. The lowest BCUT2D eigenvalue weighted by molar-refractivity contribution is -0.139. The van der Waals surface area contributed by atoms with Crippen LogP contribution in [0.4, 0.5) is 0 Å². The summed E-state index contributed by atoms with van der Waals surface area (Å²) in [7, 11) is 0. The number of carbonyl (C=O) groups is 1. The van der Waals surface area contributed by atoms with Crippen LogP contribution in [-0.4, -0.2) is 54.0 Å². The molecule has 2 saturated carbocycles. The number of carbonyl (C=O) groups excluding carboxylic acids is 1. The molecule has 1 saturated heterocycles. The van der Waals surface area contributed by atoms with Crippen molar-refractivity contribution < 1.29 is 4.79 Å². The van der Waals surface area contributed by atoms with Gasteiger partial charge in [0, 0.05) is 44.2 Å². The van der Waals surface area contributed by atoms with Crippen LogP contribution in [0.25, 0.3) is 0 Å². The highest BCUT2D eigenvalue weighted by Crippen LogP contribution is 2.28. The minimum Gasteiger partial charge on any atom is -0.340 e. The second kappa shape index (κ2) is 8.56. The first-order chi connectivity index (χ1) is 9.24. The van der Waals surface area contributed by atoms with Crippen LogP contribution in [0.1, 0.15) is 44.9 Å². The number of hydrogen-bond donors (Lipinski definition) is 1. The average Bonchev–Trinajstić information content (AvgIpc) is 2.38. The Bertz CT molecular complexity index is 323. The first-order valence-corrected chi connectivity index (χ1v) is 8.02. The minimum absolute atomic E-state index is 0. The summed E-state index contributed by atoms with van der Waals surface area (Å²) in [5.41, 5.74) is 5.92. The van der Waals surface area contributed by atoms with Crippen LogP contribution in [0.3, 0.4) is 0 Å². The van der Waals surface area contributed by atoms with Gasteiger partial charge in [0.1, 0.15) is 0 Å².